The molecule has 1 aromatic rings. The van der Waals surface area contributed by atoms with Gasteiger partial charge in [0.1, 0.15) is 0 Å². The van der Waals surface area contributed by atoms with Crippen molar-refractivity contribution in [2.45, 2.75) is 32.4 Å². The lowest BCUT2D eigenvalue weighted by Gasteiger charge is -2.31. The van der Waals surface area contributed by atoms with Gasteiger partial charge < -0.3 is 10.2 Å². The van der Waals surface area contributed by atoms with E-state index in [0.717, 1.165) is 28.7 Å². The molecular weight excluding hydrogens is 267 g/mol. The van der Waals surface area contributed by atoms with E-state index in [9.17, 15) is 0 Å². The minimum absolute atomic E-state index is 0.600. The van der Waals surface area contributed by atoms with Gasteiger partial charge in [-0.15, -0.1) is 0 Å². The van der Waals surface area contributed by atoms with Gasteiger partial charge in [0.2, 0.25) is 0 Å². The fraction of sp³-hybridized carbons (Fsp3) is 0.571. The lowest BCUT2D eigenvalue weighted by atomic mass is 10.0. The molecule has 4 heteroatoms. The normalized spacial score (nSPS) is 18.2. The Morgan fingerprint density at radius 3 is 2.67 bits per heavy atom. The van der Waals surface area contributed by atoms with E-state index in [1.807, 2.05) is 18.2 Å². The van der Waals surface area contributed by atoms with Crippen LogP contribution in [0, 0.1) is 0 Å². The lowest BCUT2D eigenvalue weighted by Crippen LogP contribution is -2.42. The Hall–Kier alpha value is -0.280. The van der Waals surface area contributed by atoms with Crippen molar-refractivity contribution < 1.29 is 0 Å². The third kappa shape index (κ3) is 3.86. The SMILES string of the molecule is CCN1CCC(NCc2cc(Cl)ccc2Cl)CC1. The second-order valence-corrected chi connectivity index (χ2v) is 5.67. The van der Waals surface area contributed by atoms with Crippen molar-refractivity contribution in [2.24, 2.45) is 0 Å². The molecule has 2 nitrogen and oxygen atoms in total. The van der Waals surface area contributed by atoms with Crippen molar-refractivity contribution >= 4 is 23.2 Å². The monoisotopic (exact) mass is 286 g/mol. The van der Waals surface area contributed by atoms with Crippen LogP contribution in [0.3, 0.4) is 0 Å². The highest BCUT2D eigenvalue weighted by Crippen LogP contribution is 2.21. The first-order chi connectivity index (χ1) is 8.69. The molecule has 0 aromatic heterocycles. The molecular formula is C14H20Cl2N2. The molecule has 0 unspecified atom stereocenters. The van der Waals surface area contributed by atoms with Gasteiger partial charge in [-0.2, -0.15) is 0 Å². The highest BCUT2D eigenvalue weighted by Gasteiger charge is 2.17. The van der Waals surface area contributed by atoms with Crippen LogP contribution in [-0.4, -0.2) is 30.6 Å². The minimum atomic E-state index is 0.600. The zero-order valence-corrected chi connectivity index (χ0v) is 12.3. The molecule has 1 aliphatic heterocycles. The van der Waals surface area contributed by atoms with Crippen LogP contribution >= 0.6 is 23.2 Å². The van der Waals surface area contributed by atoms with Crippen molar-refractivity contribution in [2.75, 3.05) is 19.6 Å². The number of benzene rings is 1. The predicted octanol–water partition coefficient (Wildman–Crippen LogP) is 3.57. The number of piperidine rings is 1. The number of rotatable bonds is 4. The van der Waals surface area contributed by atoms with Gasteiger partial charge >= 0.3 is 0 Å². The topological polar surface area (TPSA) is 15.3 Å². The fourth-order valence-corrected chi connectivity index (χ4v) is 2.77. The van der Waals surface area contributed by atoms with E-state index in [2.05, 4.69) is 17.1 Å². The van der Waals surface area contributed by atoms with Gasteiger partial charge in [0.25, 0.3) is 0 Å². The second kappa shape index (κ2) is 6.76. The number of nitrogens with zero attached hydrogens (tertiary/aromatic N) is 1. The van der Waals surface area contributed by atoms with E-state index in [1.54, 1.807) is 0 Å². The zero-order chi connectivity index (χ0) is 13.0. The Morgan fingerprint density at radius 1 is 1.28 bits per heavy atom. The smallest absolute Gasteiger partial charge is 0.0451 e. The molecule has 0 radical (unpaired) electrons. The molecule has 0 bridgehead atoms. The first kappa shape index (κ1) is 14.1. The molecule has 1 heterocycles. The van der Waals surface area contributed by atoms with Gasteiger partial charge in [0.05, 0.1) is 0 Å². The Morgan fingerprint density at radius 2 is 2.00 bits per heavy atom. The number of hydrogen-bond donors (Lipinski definition) is 1. The standard InChI is InChI=1S/C14H20Cl2N2/c1-2-18-7-5-13(6-8-18)17-10-11-9-12(15)3-4-14(11)16/h3-4,9,13,17H,2,5-8,10H2,1H3. The number of hydrogen-bond acceptors (Lipinski definition) is 2. The minimum Gasteiger partial charge on any atom is -0.310 e. The summed E-state index contributed by atoms with van der Waals surface area (Å²) in [6.45, 7) is 6.57. The second-order valence-electron chi connectivity index (χ2n) is 4.83. The van der Waals surface area contributed by atoms with Crippen molar-refractivity contribution in [3.63, 3.8) is 0 Å². The van der Waals surface area contributed by atoms with Crippen LogP contribution in [0.2, 0.25) is 10.0 Å². The van der Waals surface area contributed by atoms with E-state index in [-0.39, 0.29) is 0 Å². The lowest BCUT2D eigenvalue weighted by molar-refractivity contribution is 0.206. The summed E-state index contributed by atoms with van der Waals surface area (Å²) in [5.41, 5.74) is 1.09. The molecule has 0 spiro atoms. The maximum absolute atomic E-state index is 6.15. The molecule has 0 amide bonds. The summed E-state index contributed by atoms with van der Waals surface area (Å²) in [5, 5.41) is 5.12. The number of likely N-dealkylation sites (tertiary alicyclic amines) is 1. The first-order valence-electron chi connectivity index (χ1n) is 6.58. The fourth-order valence-electron chi connectivity index (χ4n) is 2.39. The van der Waals surface area contributed by atoms with Gasteiger partial charge in [0, 0.05) is 22.6 Å². The summed E-state index contributed by atoms with van der Waals surface area (Å²) >= 11 is 12.1. The zero-order valence-electron chi connectivity index (χ0n) is 10.8. The highest BCUT2D eigenvalue weighted by atomic mass is 35.5. The maximum atomic E-state index is 6.15. The third-order valence-electron chi connectivity index (χ3n) is 3.62. The Balaban J connectivity index is 1.83. The van der Waals surface area contributed by atoms with Crippen molar-refractivity contribution in [3.05, 3.63) is 33.8 Å². The van der Waals surface area contributed by atoms with Crippen LogP contribution < -0.4 is 5.32 Å². The van der Waals surface area contributed by atoms with Crippen molar-refractivity contribution in [1.82, 2.24) is 10.2 Å². The van der Waals surface area contributed by atoms with Crippen LogP contribution in [0.4, 0.5) is 0 Å². The average molecular weight is 287 g/mol. The Labute approximate surface area is 119 Å². The molecule has 1 N–H and O–H groups in total. The van der Waals surface area contributed by atoms with Crippen molar-refractivity contribution in [3.8, 4) is 0 Å². The molecule has 0 aliphatic carbocycles. The summed E-state index contributed by atoms with van der Waals surface area (Å²) in [4.78, 5) is 2.49. The van der Waals surface area contributed by atoms with E-state index in [4.69, 9.17) is 23.2 Å². The number of nitrogens with one attached hydrogen (secondary N) is 1. The maximum Gasteiger partial charge on any atom is 0.0451 e. The highest BCUT2D eigenvalue weighted by molar-refractivity contribution is 6.33. The summed E-state index contributed by atoms with van der Waals surface area (Å²) in [5.74, 6) is 0. The number of halogens is 2. The molecule has 0 atom stereocenters. The molecule has 18 heavy (non-hydrogen) atoms. The van der Waals surface area contributed by atoms with E-state index in [0.29, 0.717) is 6.04 Å². The summed E-state index contributed by atoms with van der Waals surface area (Å²) in [6.07, 6.45) is 2.43. The van der Waals surface area contributed by atoms with Crippen LogP contribution in [0.1, 0.15) is 25.3 Å². The van der Waals surface area contributed by atoms with Gasteiger partial charge in [-0.05, 0) is 56.2 Å². The predicted molar refractivity (Wildman–Crippen MR) is 78.4 cm³/mol. The molecule has 1 aromatic carbocycles. The third-order valence-corrected chi connectivity index (χ3v) is 4.23. The summed E-state index contributed by atoms with van der Waals surface area (Å²) in [7, 11) is 0. The van der Waals surface area contributed by atoms with Gasteiger partial charge in [-0.25, -0.2) is 0 Å². The summed E-state index contributed by atoms with van der Waals surface area (Å²) < 4.78 is 0. The first-order valence-corrected chi connectivity index (χ1v) is 7.34. The van der Waals surface area contributed by atoms with E-state index < -0.39 is 0 Å². The Bertz CT molecular complexity index is 387. The van der Waals surface area contributed by atoms with E-state index >= 15 is 0 Å². The molecule has 100 valence electrons. The average Bonchev–Trinajstić information content (AvgIpc) is 2.40. The van der Waals surface area contributed by atoms with Crippen LogP contribution in [0.25, 0.3) is 0 Å². The van der Waals surface area contributed by atoms with Crippen LogP contribution in [-0.2, 0) is 6.54 Å². The van der Waals surface area contributed by atoms with Gasteiger partial charge in [0.15, 0.2) is 0 Å². The molecule has 1 fully saturated rings. The molecule has 2 rings (SSSR count). The molecule has 1 saturated heterocycles. The van der Waals surface area contributed by atoms with Crippen LogP contribution in [0.15, 0.2) is 18.2 Å². The largest absolute Gasteiger partial charge is 0.310 e. The van der Waals surface area contributed by atoms with E-state index in [1.165, 1.54) is 25.9 Å². The van der Waals surface area contributed by atoms with Gasteiger partial charge in [-0.3, -0.25) is 0 Å². The van der Waals surface area contributed by atoms with Crippen LogP contribution in [0.5, 0.6) is 0 Å². The summed E-state index contributed by atoms with van der Waals surface area (Å²) in [6, 6.07) is 6.23. The van der Waals surface area contributed by atoms with Gasteiger partial charge in [-0.1, -0.05) is 30.1 Å². The quantitative estimate of drug-likeness (QED) is 0.910. The molecule has 1 aliphatic rings. The molecule has 0 saturated carbocycles. The Kier molecular flexibility index (Phi) is 5.31. The van der Waals surface area contributed by atoms with Crippen molar-refractivity contribution in [1.29, 1.82) is 0 Å².